The lowest BCUT2D eigenvalue weighted by Crippen LogP contribution is -2.55. The van der Waals surface area contributed by atoms with Gasteiger partial charge in [-0.25, -0.2) is 9.59 Å². The van der Waals surface area contributed by atoms with Crippen LogP contribution >= 0.6 is 0 Å². The summed E-state index contributed by atoms with van der Waals surface area (Å²) in [6.45, 7) is 2.74. The molecule has 2 saturated heterocycles. The molecule has 0 unspecified atom stereocenters. The maximum absolute atomic E-state index is 12.2. The number of ether oxygens (including phenoxy) is 1. The molecule has 2 aliphatic heterocycles. The molecule has 2 fully saturated rings. The van der Waals surface area contributed by atoms with E-state index < -0.39 is 12.0 Å². The van der Waals surface area contributed by atoms with E-state index >= 15 is 0 Å². The molecule has 0 aromatic carbocycles. The molecule has 1 N–H and O–H groups in total. The predicted molar refractivity (Wildman–Crippen MR) is 59.8 cm³/mol. The third-order valence-corrected chi connectivity index (χ3v) is 3.32. The van der Waals surface area contributed by atoms with Crippen molar-refractivity contribution in [1.82, 2.24) is 9.80 Å². The molecule has 17 heavy (non-hydrogen) atoms. The van der Waals surface area contributed by atoms with E-state index in [-0.39, 0.29) is 6.03 Å². The van der Waals surface area contributed by atoms with Crippen LogP contribution in [0.2, 0.25) is 0 Å². The quantitative estimate of drug-likeness (QED) is 0.721. The molecule has 1 atom stereocenters. The molecule has 6 nitrogen and oxygen atoms in total. The predicted octanol–water partition coefficient (Wildman–Crippen LogP) is 0.378. The van der Waals surface area contributed by atoms with Gasteiger partial charge in [0.2, 0.25) is 0 Å². The number of rotatable bonds is 1. The van der Waals surface area contributed by atoms with Gasteiger partial charge in [0.05, 0.1) is 13.2 Å². The van der Waals surface area contributed by atoms with Crippen molar-refractivity contribution in [2.24, 2.45) is 0 Å². The maximum atomic E-state index is 12.2. The van der Waals surface area contributed by atoms with Gasteiger partial charge >= 0.3 is 12.0 Å². The molecule has 2 amide bonds. The summed E-state index contributed by atoms with van der Waals surface area (Å²) >= 11 is 0. The van der Waals surface area contributed by atoms with Gasteiger partial charge in [-0.3, -0.25) is 0 Å². The zero-order valence-corrected chi connectivity index (χ0v) is 9.80. The molecule has 0 spiro atoms. The van der Waals surface area contributed by atoms with E-state index in [0.29, 0.717) is 39.3 Å². The van der Waals surface area contributed by atoms with E-state index in [4.69, 9.17) is 9.84 Å². The number of hydrogen-bond acceptors (Lipinski definition) is 3. The first-order valence-corrected chi connectivity index (χ1v) is 6.06. The summed E-state index contributed by atoms with van der Waals surface area (Å²) < 4.78 is 5.18. The molecule has 2 heterocycles. The number of carboxylic acid groups (broad SMARTS) is 1. The molecular weight excluding hydrogens is 224 g/mol. The van der Waals surface area contributed by atoms with E-state index in [9.17, 15) is 9.59 Å². The van der Waals surface area contributed by atoms with Crippen LogP contribution in [0.25, 0.3) is 0 Å². The van der Waals surface area contributed by atoms with Crippen LogP contribution < -0.4 is 0 Å². The van der Waals surface area contributed by atoms with Crippen molar-refractivity contribution in [3.8, 4) is 0 Å². The number of likely N-dealkylation sites (tertiary alicyclic amines) is 1. The Morgan fingerprint density at radius 1 is 1.12 bits per heavy atom. The molecule has 0 saturated carbocycles. The van der Waals surface area contributed by atoms with Crippen LogP contribution in [-0.4, -0.2) is 65.8 Å². The van der Waals surface area contributed by atoms with E-state index in [0.717, 1.165) is 12.8 Å². The maximum Gasteiger partial charge on any atom is 0.326 e. The highest BCUT2D eigenvalue weighted by Gasteiger charge is 2.34. The largest absolute Gasteiger partial charge is 0.480 e. The SMILES string of the molecule is O=C(O)[C@@H]1CCCCN1C(=O)N1CCOCC1. The third-order valence-electron chi connectivity index (χ3n) is 3.32. The topological polar surface area (TPSA) is 70.1 Å². The lowest BCUT2D eigenvalue weighted by atomic mass is 10.0. The smallest absolute Gasteiger partial charge is 0.326 e. The fraction of sp³-hybridized carbons (Fsp3) is 0.818. The minimum absolute atomic E-state index is 0.152. The number of aliphatic carboxylic acids is 1. The minimum Gasteiger partial charge on any atom is -0.480 e. The zero-order valence-electron chi connectivity index (χ0n) is 9.80. The summed E-state index contributed by atoms with van der Waals surface area (Å²) in [6, 6.07) is -0.806. The molecule has 96 valence electrons. The van der Waals surface area contributed by atoms with E-state index in [1.807, 2.05) is 0 Å². The second-order valence-electron chi connectivity index (χ2n) is 4.43. The number of hydrogen-bond donors (Lipinski definition) is 1. The second kappa shape index (κ2) is 5.35. The van der Waals surface area contributed by atoms with Crippen LogP contribution in [0.1, 0.15) is 19.3 Å². The van der Waals surface area contributed by atoms with Gasteiger partial charge in [0.25, 0.3) is 0 Å². The van der Waals surface area contributed by atoms with Gasteiger partial charge in [0.15, 0.2) is 0 Å². The van der Waals surface area contributed by atoms with E-state index in [2.05, 4.69) is 0 Å². The van der Waals surface area contributed by atoms with E-state index in [1.54, 1.807) is 4.90 Å². The van der Waals surface area contributed by atoms with Crippen molar-refractivity contribution < 1.29 is 19.4 Å². The highest BCUT2D eigenvalue weighted by Crippen LogP contribution is 2.19. The first kappa shape index (κ1) is 12.2. The number of carboxylic acids is 1. The lowest BCUT2D eigenvalue weighted by molar-refractivity contribution is -0.143. The molecule has 0 radical (unpaired) electrons. The summed E-state index contributed by atoms with van der Waals surface area (Å²) in [7, 11) is 0. The van der Waals surface area contributed by atoms with Crippen molar-refractivity contribution in [2.45, 2.75) is 25.3 Å². The van der Waals surface area contributed by atoms with Crippen LogP contribution in [0.5, 0.6) is 0 Å². The summed E-state index contributed by atoms with van der Waals surface area (Å²) in [5.41, 5.74) is 0. The lowest BCUT2D eigenvalue weighted by Gasteiger charge is -2.38. The molecular formula is C11H18N2O4. The average Bonchev–Trinajstić information content (AvgIpc) is 2.39. The first-order chi connectivity index (χ1) is 8.20. The molecule has 0 aromatic heterocycles. The standard InChI is InChI=1S/C11H18N2O4/c14-10(15)9-3-1-2-4-13(9)11(16)12-5-7-17-8-6-12/h9H,1-8H2,(H,14,15)/t9-/m0/s1. The van der Waals surface area contributed by atoms with Gasteiger partial charge in [0.1, 0.15) is 6.04 Å². The monoisotopic (exact) mass is 242 g/mol. The van der Waals surface area contributed by atoms with Gasteiger partial charge < -0.3 is 19.6 Å². The number of piperidine rings is 1. The number of carbonyl (C=O) groups is 2. The number of morpholine rings is 1. The Kier molecular flexibility index (Phi) is 3.83. The highest BCUT2D eigenvalue weighted by atomic mass is 16.5. The van der Waals surface area contributed by atoms with Crippen LogP contribution in [0.15, 0.2) is 0 Å². The second-order valence-corrected chi connectivity index (χ2v) is 4.43. The number of urea groups is 1. The van der Waals surface area contributed by atoms with Crippen molar-refractivity contribution in [2.75, 3.05) is 32.8 Å². The summed E-state index contributed by atoms with van der Waals surface area (Å²) in [6.07, 6.45) is 2.33. The van der Waals surface area contributed by atoms with Gasteiger partial charge in [-0.15, -0.1) is 0 Å². The molecule has 2 rings (SSSR count). The van der Waals surface area contributed by atoms with Gasteiger partial charge in [-0.1, -0.05) is 0 Å². The minimum atomic E-state index is -0.897. The van der Waals surface area contributed by atoms with Crippen molar-refractivity contribution in [1.29, 1.82) is 0 Å². The van der Waals surface area contributed by atoms with Gasteiger partial charge in [0, 0.05) is 19.6 Å². The molecule has 6 heteroatoms. The summed E-state index contributed by atoms with van der Waals surface area (Å²) in [5.74, 6) is -0.897. The Morgan fingerprint density at radius 2 is 1.82 bits per heavy atom. The average molecular weight is 242 g/mol. The molecule has 0 aromatic rings. The first-order valence-electron chi connectivity index (χ1n) is 6.06. The Morgan fingerprint density at radius 3 is 2.47 bits per heavy atom. The summed E-state index contributed by atoms with van der Waals surface area (Å²) in [5, 5.41) is 9.12. The van der Waals surface area contributed by atoms with Gasteiger partial charge in [-0.2, -0.15) is 0 Å². The molecule has 2 aliphatic rings. The van der Waals surface area contributed by atoms with E-state index in [1.165, 1.54) is 4.90 Å². The number of nitrogens with zero attached hydrogens (tertiary/aromatic N) is 2. The van der Waals surface area contributed by atoms with Gasteiger partial charge in [-0.05, 0) is 19.3 Å². The zero-order chi connectivity index (χ0) is 12.3. The summed E-state index contributed by atoms with van der Waals surface area (Å²) in [4.78, 5) is 26.5. The van der Waals surface area contributed by atoms with Crippen LogP contribution in [0.3, 0.4) is 0 Å². The molecule has 0 bridgehead atoms. The normalized spacial score (nSPS) is 25.8. The van der Waals surface area contributed by atoms with Crippen molar-refractivity contribution in [3.63, 3.8) is 0 Å². The molecule has 0 aliphatic carbocycles. The fourth-order valence-corrected chi connectivity index (χ4v) is 2.35. The highest BCUT2D eigenvalue weighted by molar-refractivity contribution is 5.83. The fourth-order valence-electron chi connectivity index (χ4n) is 2.35. The van der Waals surface area contributed by atoms with Crippen LogP contribution in [0.4, 0.5) is 4.79 Å². The van der Waals surface area contributed by atoms with Crippen molar-refractivity contribution >= 4 is 12.0 Å². The van der Waals surface area contributed by atoms with Crippen molar-refractivity contribution in [3.05, 3.63) is 0 Å². The Labute approximate surface area is 100 Å². The Balaban J connectivity index is 2.02. The number of carbonyl (C=O) groups excluding carboxylic acids is 1. The Bertz CT molecular complexity index is 302. The van der Waals surface area contributed by atoms with Crippen LogP contribution in [-0.2, 0) is 9.53 Å². The Hall–Kier alpha value is -1.30. The third kappa shape index (κ3) is 2.69. The van der Waals surface area contributed by atoms with Crippen LogP contribution in [0, 0.1) is 0 Å². The number of amides is 2.